The van der Waals surface area contributed by atoms with E-state index in [1.807, 2.05) is 13.8 Å². The third kappa shape index (κ3) is 4.55. The minimum Gasteiger partial charge on any atom is -0.324 e. The number of nitrogens with one attached hydrogen (secondary N) is 2. The molecule has 1 aliphatic carbocycles. The molecule has 8 nitrogen and oxygen atoms in total. The van der Waals surface area contributed by atoms with Gasteiger partial charge in [-0.3, -0.25) is 29.1 Å². The molecule has 2 aliphatic heterocycles. The molecule has 0 spiro atoms. The van der Waals surface area contributed by atoms with Crippen LogP contribution in [0.1, 0.15) is 33.1 Å². The van der Waals surface area contributed by atoms with Gasteiger partial charge < -0.3 is 9.80 Å². The molecule has 0 aromatic heterocycles. The number of rotatable bonds is 5. The van der Waals surface area contributed by atoms with Crippen LogP contribution in [0.2, 0.25) is 0 Å². The standard InChI is InChI=1S/C20H30N4O4/c1-20(2)11-16(25)14(17(26)12-20)13-21-4-5-23-6-8-24(9-7-23)15-10-18(27)22(3)19(15)28/h13-15H,4-12H2,1-3H3/p+2/t15-/m1/s1. The Bertz CT molecular complexity index is 674. The van der Waals surface area contributed by atoms with Gasteiger partial charge in [0.15, 0.2) is 6.04 Å². The van der Waals surface area contributed by atoms with E-state index in [0.717, 1.165) is 32.7 Å². The van der Waals surface area contributed by atoms with Gasteiger partial charge in [-0.15, -0.1) is 0 Å². The second-order valence-corrected chi connectivity index (χ2v) is 9.19. The minimum atomic E-state index is -0.660. The molecule has 28 heavy (non-hydrogen) atoms. The molecule has 2 saturated heterocycles. The number of likely N-dealkylation sites (N-methyl/N-ethyl adjacent to an activating group) is 1. The van der Waals surface area contributed by atoms with Crippen LogP contribution in [-0.2, 0) is 19.2 Å². The molecule has 1 atom stereocenters. The van der Waals surface area contributed by atoms with Crippen LogP contribution in [0, 0.1) is 11.3 Å². The zero-order valence-electron chi connectivity index (χ0n) is 17.1. The number of carbonyl (C=O) groups is 4. The highest BCUT2D eigenvalue weighted by Gasteiger charge is 2.44. The third-order valence-electron chi connectivity index (χ3n) is 6.32. The Hall–Kier alpha value is -1.93. The summed E-state index contributed by atoms with van der Waals surface area (Å²) in [7, 11) is 1.56. The van der Waals surface area contributed by atoms with Gasteiger partial charge in [0.05, 0.1) is 19.5 Å². The maximum absolute atomic E-state index is 12.2. The Morgan fingerprint density at radius 1 is 1.07 bits per heavy atom. The summed E-state index contributed by atoms with van der Waals surface area (Å²) in [4.78, 5) is 56.4. The lowest BCUT2D eigenvalue weighted by Crippen LogP contribution is -3.30. The van der Waals surface area contributed by atoms with Crippen molar-refractivity contribution in [2.45, 2.75) is 39.2 Å². The molecule has 2 heterocycles. The van der Waals surface area contributed by atoms with Crippen LogP contribution in [0.4, 0.5) is 0 Å². The van der Waals surface area contributed by atoms with Crippen molar-refractivity contribution in [1.29, 1.82) is 0 Å². The van der Waals surface area contributed by atoms with Gasteiger partial charge in [-0.1, -0.05) is 13.8 Å². The van der Waals surface area contributed by atoms with Crippen molar-refractivity contribution < 1.29 is 29.0 Å². The summed E-state index contributed by atoms with van der Waals surface area (Å²) in [6.07, 6.45) is 2.75. The van der Waals surface area contributed by atoms with Gasteiger partial charge in [0, 0.05) is 26.1 Å². The van der Waals surface area contributed by atoms with E-state index in [1.165, 1.54) is 14.7 Å². The average Bonchev–Trinajstić information content (AvgIpc) is 2.87. The van der Waals surface area contributed by atoms with Gasteiger partial charge in [-0.05, 0) is 5.41 Å². The molecule has 3 aliphatic rings. The third-order valence-corrected chi connectivity index (χ3v) is 6.32. The van der Waals surface area contributed by atoms with Crippen molar-refractivity contribution in [3.05, 3.63) is 0 Å². The van der Waals surface area contributed by atoms with Gasteiger partial charge in [0.2, 0.25) is 5.91 Å². The average molecular weight is 393 g/mol. The van der Waals surface area contributed by atoms with Crippen molar-refractivity contribution in [3.8, 4) is 0 Å². The lowest BCUT2D eigenvalue weighted by molar-refractivity contribution is -1.02. The fraction of sp³-hybridized carbons (Fsp3) is 0.750. The summed E-state index contributed by atoms with van der Waals surface area (Å²) >= 11 is 0. The molecule has 1 saturated carbocycles. The van der Waals surface area contributed by atoms with Crippen LogP contribution in [0.25, 0.3) is 0 Å². The van der Waals surface area contributed by atoms with Gasteiger partial charge >= 0.3 is 0 Å². The van der Waals surface area contributed by atoms with Crippen LogP contribution in [0.5, 0.6) is 0 Å². The quantitative estimate of drug-likeness (QED) is 0.300. The molecular weight excluding hydrogens is 360 g/mol. The number of nitrogens with zero attached hydrogens (tertiary/aromatic N) is 2. The molecule has 3 rings (SSSR count). The normalized spacial score (nSPS) is 32.0. The number of Topliss-reactive ketones (excluding diaryl/α,β-unsaturated/α-hetero) is 2. The lowest BCUT2D eigenvalue weighted by Gasteiger charge is -2.32. The van der Waals surface area contributed by atoms with Crippen molar-refractivity contribution in [3.63, 3.8) is 0 Å². The smallest absolute Gasteiger partial charge is 0.287 e. The summed E-state index contributed by atoms with van der Waals surface area (Å²) in [5, 5.41) is 0. The number of imide groups is 1. The molecule has 154 valence electrons. The van der Waals surface area contributed by atoms with Crippen molar-refractivity contribution in [2.75, 3.05) is 46.3 Å². The van der Waals surface area contributed by atoms with Crippen molar-refractivity contribution >= 4 is 29.6 Å². The predicted molar refractivity (Wildman–Crippen MR) is 102 cm³/mol. The number of likely N-dealkylation sites (tertiary alicyclic amines) is 1. The molecule has 0 aromatic rings. The lowest BCUT2D eigenvalue weighted by atomic mass is 9.72. The molecule has 8 heteroatoms. The highest BCUT2D eigenvalue weighted by Crippen LogP contribution is 2.33. The molecule has 0 radical (unpaired) electrons. The summed E-state index contributed by atoms with van der Waals surface area (Å²) in [5.74, 6) is -0.835. The summed E-state index contributed by atoms with van der Waals surface area (Å²) in [6.45, 7) is 8.94. The van der Waals surface area contributed by atoms with Gasteiger partial charge in [-0.25, -0.2) is 0 Å². The molecule has 3 fully saturated rings. The van der Waals surface area contributed by atoms with Gasteiger partial charge in [0.1, 0.15) is 43.7 Å². The molecule has 0 bridgehead atoms. The van der Waals surface area contributed by atoms with E-state index in [2.05, 4.69) is 4.99 Å². The highest BCUT2D eigenvalue weighted by molar-refractivity contribution is 6.16. The molecule has 2 amide bonds. The van der Waals surface area contributed by atoms with Crippen LogP contribution < -0.4 is 9.80 Å². The van der Waals surface area contributed by atoms with Gasteiger partial charge in [0.25, 0.3) is 5.91 Å². The fourth-order valence-electron chi connectivity index (χ4n) is 4.57. The monoisotopic (exact) mass is 392 g/mol. The second kappa shape index (κ2) is 8.21. The maximum Gasteiger partial charge on any atom is 0.287 e. The zero-order valence-corrected chi connectivity index (χ0v) is 17.1. The van der Waals surface area contributed by atoms with Crippen LogP contribution in [0.3, 0.4) is 0 Å². The van der Waals surface area contributed by atoms with Gasteiger partial charge in [-0.2, -0.15) is 0 Å². The Kier molecular flexibility index (Phi) is 6.09. The first-order valence-electron chi connectivity index (χ1n) is 10.2. The largest absolute Gasteiger partial charge is 0.324 e. The van der Waals surface area contributed by atoms with E-state index >= 15 is 0 Å². The predicted octanol–water partition coefficient (Wildman–Crippen LogP) is -2.83. The molecular formula is C20H32N4O4+2. The summed E-state index contributed by atoms with van der Waals surface area (Å²) in [5.41, 5.74) is -0.231. The van der Waals surface area contributed by atoms with Crippen molar-refractivity contribution in [2.24, 2.45) is 16.3 Å². The zero-order chi connectivity index (χ0) is 20.5. The summed E-state index contributed by atoms with van der Waals surface area (Å²) in [6, 6.07) is -0.218. The van der Waals surface area contributed by atoms with Crippen LogP contribution in [-0.4, -0.2) is 86.9 Å². The number of carbonyl (C=O) groups excluding carboxylic acids is 4. The highest BCUT2D eigenvalue weighted by atomic mass is 16.2. The Morgan fingerprint density at radius 3 is 2.21 bits per heavy atom. The number of amides is 2. The van der Waals surface area contributed by atoms with E-state index in [1.54, 1.807) is 13.3 Å². The minimum absolute atomic E-state index is 0.0182. The fourth-order valence-corrected chi connectivity index (χ4v) is 4.57. The second-order valence-electron chi connectivity index (χ2n) is 9.19. The number of aliphatic imine (C=N–C) groups is 1. The van der Waals surface area contributed by atoms with E-state index in [9.17, 15) is 19.2 Å². The maximum atomic E-state index is 12.2. The first-order chi connectivity index (χ1) is 13.2. The number of ketones is 2. The van der Waals surface area contributed by atoms with Crippen LogP contribution in [0.15, 0.2) is 4.99 Å². The first-order valence-corrected chi connectivity index (χ1v) is 10.2. The Labute approximate surface area is 165 Å². The molecule has 2 N–H and O–H groups in total. The first kappa shape index (κ1) is 20.8. The molecule has 0 aromatic carbocycles. The SMILES string of the molecule is CN1C(=O)C[C@@H]([NH+]2CC[NH+](CCN=CC3C(=O)CC(C)(C)CC3=O)CC2)C1=O. The van der Waals surface area contributed by atoms with E-state index in [4.69, 9.17) is 0 Å². The van der Waals surface area contributed by atoms with E-state index in [-0.39, 0.29) is 34.8 Å². The molecule has 0 unspecified atom stereocenters. The summed E-state index contributed by atoms with van der Waals surface area (Å²) < 4.78 is 0. The topological polar surface area (TPSA) is 92.8 Å². The number of quaternary nitrogens is 2. The number of hydrogen-bond donors (Lipinski definition) is 2. The van der Waals surface area contributed by atoms with Crippen LogP contribution >= 0.6 is 0 Å². The van der Waals surface area contributed by atoms with E-state index < -0.39 is 5.92 Å². The number of hydrogen-bond acceptors (Lipinski definition) is 5. The number of piperazine rings is 1. The van der Waals surface area contributed by atoms with E-state index in [0.29, 0.717) is 25.8 Å². The Morgan fingerprint density at radius 2 is 1.68 bits per heavy atom. The van der Waals surface area contributed by atoms with Crippen molar-refractivity contribution in [1.82, 2.24) is 4.90 Å². The Balaban J connectivity index is 1.41.